The van der Waals surface area contributed by atoms with E-state index in [1.54, 1.807) is 0 Å². The molecule has 3 heteroatoms. The fourth-order valence-electron chi connectivity index (χ4n) is 2.57. The molecule has 0 spiro atoms. The van der Waals surface area contributed by atoms with Crippen LogP contribution in [0.4, 0.5) is 5.69 Å². The largest absolute Gasteiger partial charge is 0.372 e. The minimum Gasteiger partial charge on any atom is -0.372 e. The molecule has 20 heavy (non-hydrogen) atoms. The highest BCUT2D eigenvalue weighted by atomic mass is 79.9. The average Bonchev–Trinajstić information content (AvgIpc) is 2.65. The minimum absolute atomic E-state index is 0.156. The van der Waals surface area contributed by atoms with E-state index < -0.39 is 0 Å². The summed E-state index contributed by atoms with van der Waals surface area (Å²) in [5.74, 6) is 0. The first-order chi connectivity index (χ1) is 9.46. The van der Waals surface area contributed by atoms with Crippen molar-refractivity contribution in [2.45, 2.75) is 58.5 Å². The van der Waals surface area contributed by atoms with Crippen molar-refractivity contribution in [3.8, 4) is 0 Å². The summed E-state index contributed by atoms with van der Waals surface area (Å²) in [6.07, 6.45) is 5.41. The second kappa shape index (κ2) is 6.95. The van der Waals surface area contributed by atoms with Gasteiger partial charge in [-0.25, -0.2) is 0 Å². The standard InChI is InChI=1S/C17H27BrN2/c1-17(2,3)19-13-14-8-9-15(12-16(14)18)20-10-6-4-5-7-11-20/h8-9,12,19H,4-7,10-11,13H2,1-3H3. The molecule has 1 saturated heterocycles. The zero-order valence-electron chi connectivity index (χ0n) is 13.0. The second-order valence-corrected chi connectivity index (χ2v) is 7.63. The van der Waals surface area contributed by atoms with Crippen LogP contribution in [0, 0.1) is 0 Å². The number of hydrogen-bond acceptors (Lipinski definition) is 2. The number of nitrogens with zero attached hydrogens (tertiary/aromatic N) is 1. The van der Waals surface area contributed by atoms with E-state index in [1.807, 2.05) is 0 Å². The van der Waals surface area contributed by atoms with Crippen molar-refractivity contribution in [2.75, 3.05) is 18.0 Å². The Bertz CT molecular complexity index is 429. The van der Waals surface area contributed by atoms with Crippen molar-refractivity contribution in [1.29, 1.82) is 0 Å². The van der Waals surface area contributed by atoms with Crippen LogP contribution >= 0.6 is 15.9 Å². The Labute approximate surface area is 132 Å². The Balaban J connectivity index is 2.04. The quantitative estimate of drug-likeness (QED) is 0.857. The van der Waals surface area contributed by atoms with Gasteiger partial charge in [-0.3, -0.25) is 0 Å². The second-order valence-electron chi connectivity index (χ2n) is 6.78. The summed E-state index contributed by atoms with van der Waals surface area (Å²) in [5.41, 5.74) is 2.85. The highest BCUT2D eigenvalue weighted by molar-refractivity contribution is 9.10. The van der Waals surface area contributed by atoms with E-state index in [0.29, 0.717) is 0 Å². The number of hydrogen-bond donors (Lipinski definition) is 1. The van der Waals surface area contributed by atoms with Gasteiger partial charge in [0.1, 0.15) is 0 Å². The number of rotatable bonds is 3. The number of benzene rings is 1. The van der Waals surface area contributed by atoms with Crippen LogP contribution in [-0.4, -0.2) is 18.6 Å². The zero-order valence-corrected chi connectivity index (χ0v) is 14.6. The van der Waals surface area contributed by atoms with Gasteiger partial charge in [0, 0.05) is 35.3 Å². The molecule has 2 nitrogen and oxygen atoms in total. The van der Waals surface area contributed by atoms with Crippen LogP contribution in [0.25, 0.3) is 0 Å². The molecule has 1 aliphatic heterocycles. The number of halogens is 1. The molecule has 1 aromatic carbocycles. The maximum atomic E-state index is 3.73. The van der Waals surface area contributed by atoms with E-state index in [0.717, 1.165) is 6.54 Å². The topological polar surface area (TPSA) is 15.3 Å². The Hall–Kier alpha value is -0.540. The van der Waals surface area contributed by atoms with Crippen molar-refractivity contribution in [1.82, 2.24) is 5.32 Å². The van der Waals surface area contributed by atoms with Crippen LogP contribution in [-0.2, 0) is 6.54 Å². The van der Waals surface area contributed by atoms with E-state index in [9.17, 15) is 0 Å². The van der Waals surface area contributed by atoms with Gasteiger partial charge in [0.15, 0.2) is 0 Å². The Morgan fingerprint density at radius 2 is 1.75 bits per heavy atom. The third kappa shape index (κ3) is 4.78. The van der Waals surface area contributed by atoms with Crippen molar-refractivity contribution < 1.29 is 0 Å². The van der Waals surface area contributed by atoms with Gasteiger partial charge in [-0.1, -0.05) is 34.8 Å². The number of nitrogens with one attached hydrogen (secondary N) is 1. The van der Waals surface area contributed by atoms with Crippen LogP contribution in [0.2, 0.25) is 0 Å². The lowest BCUT2D eigenvalue weighted by molar-refractivity contribution is 0.424. The average molecular weight is 339 g/mol. The maximum Gasteiger partial charge on any atom is 0.0377 e. The van der Waals surface area contributed by atoms with Crippen molar-refractivity contribution in [2.24, 2.45) is 0 Å². The molecule has 0 unspecified atom stereocenters. The molecule has 1 fully saturated rings. The Morgan fingerprint density at radius 1 is 1.10 bits per heavy atom. The first kappa shape index (κ1) is 15.8. The van der Waals surface area contributed by atoms with Gasteiger partial charge in [0.2, 0.25) is 0 Å². The lowest BCUT2D eigenvalue weighted by Crippen LogP contribution is -2.35. The molecule has 0 amide bonds. The summed E-state index contributed by atoms with van der Waals surface area (Å²) in [5, 5.41) is 3.54. The molecular weight excluding hydrogens is 312 g/mol. The summed E-state index contributed by atoms with van der Waals surface area (Å²) in [4.78, 5) is 2.53. The molecule has 2 rings (SSSR count). The smallest absolute Gasteiger partial charge is 0.0377 e. The molecule has 0 bridgehead atoms. The van der Waals surface area contributed by atoms with Gasteiger partial charge in [-0.05, 0) is 51.3 Å². The summed E-state index contributed by atoms with van der Waals surface area (Å²) < 4.78 is 1.22. The highest BCUT2D eigenvalue weighted by Gasteiger charge is 2.13. The van der Waals surface area contributed by atoms with Crippen molar-refractivity contribution >= 4 is 21.6 Å². The summed E-state index contributed by atoms with van der Waals surface area (Å²) >= 11 is 3.73. The van der Waals surface area contributed by atoms with Gasteiger partial charge in [0.05, 0.1) is 0 Å². The Kier molecular flexibility index (Phi) is 5.50. The van der Waals surface area contributed by atoms with Crippen LogP contribution in [0.15, 0.2) is 22.7 Å². The summed E-state index contributed by atoms with van der Waals surface area (Å²) in [7, 11) is 0. The van der Waals surface area contributed by atoms with Crippen molar-refractivity contribution in [3.63, 3.8) is 0 Å². The molecule has 1 heterocycles. The molecule has 1 N–H and O–H groups in total. The fraction of sp³-hybridized carbons (Fsp3) is 0.647. The molecule has 1 aromatic rings. The molecular formula is C17H27BrN2. The first-order valence-electron chi connectivity index (χ1n) is 7.74. The Morgan fingerprint density at radius 3 is 2.30 bits per heavy atom. The molecule has 0 aromatic heterocycles. The van der Waals surface area contributed by atoms with E-state index in [2.05, 4.69) is 65.1 Å². The van der Waals surface area contributed by atoms with Gasteiger partial charge in [-0.15, -0.1) is 0 Å². The monoisotopic (exact) mass is 338 g/mol. The van der Waals surface area contributed by atoms with E-state index >= 15 is 0 Å². The third-order valence-corrected chi connectivity index (χ3v) is 4.56. The third-order valence-electron chi connectivity index (χ3n) is 3.82. The number of anilines is 1. The molecule has 1 aliphatic rings. The fourth-order valence-corrected chi connectivity index (χ4v) is 3.07. The lowest BCUT2D eigenvalue weighted by Gasteiger charge is -2.24. The van der Waals surface area contributed by atoms with Gasteiger partial charge >= 0.3 is 0 Å². The predicted octanol–water partition coefficient (Wildman–Crippen LogP) is 4.72. The van der Waals surface area contributed by atoms with E-state index in [-0.39, 0.29) is 5.54 Å². The lowest BCUT2D eigenvalue weighted by atomic mass is 10.1. The van der Waals surface area contributed by atoms with E-state index in [1.165, 1.54) is 54.5 Å². The minimum atomic E-state index is 0.156. The van der Waals surface area contributed by atoms with Crippen LogP contribution in [0.3, 0.4) is 0 Å². The van der Waals surface area contributed by atoms with Crippen LogP contribution in [0.1, 0.15) is 52.0 Å². The van der Waals surface area contributed by atoms with Gasteiger partial charge < -0.3 is 10.2 Å². The molecule has 0 saturated carbocycles. The highest BCUT2D eigenvalue weighted by Crippen LogP contribution is 2.26. The molecule has 0 aliphatic carbocycles. The normalized spacial score (nSPS) is 17.1. The molecule has 0 radical (unpaired) electrons. The van der Waals surface area contributed by atoms with Gasteiger partial charge in [-0.2, -0.15) is 0 Å². The first-order valence-corrected chi connectivity index (χ1v) is 8.53. The van der Waals surface area contributed by atoms with Crippen LogP contribution < -0.4 is 10.2 Å². The zero-order chi connectivity index (χ0) is 14.6. The predicted molar refractivity (Wildman–Crippen MR) is 91.4 cm³/mol. The summed E-state index contributed by atoms with van der Waals surface area (Å²) in [6.45, 7) is 9.91. The van der Waals surface area contributed by atoms with Crippen molar-refractivity contribution in [3.05, 3.63) is 28.2 Å². The molecule has 112 valence electrons. The summed E-state index contributed by atoms with van der Waals surface area (Å²) in [6, 6.07) is 6.81. The molecule has 0 atom stereocenters. The maximum absolute atomic E-state index is 3.73. The van der Waals surface area contributed by atoms with E-state index in [4.69, 9.17) is 0 Å². The van der Waals surface area contributed by atoms with Crippen LogP contribution in [0.5, 0.6) is 0 Å². The SMILES string of the molecule is CC(C)(C)NCc1ccc(N2CCCCCC2)cc1Br. The van der Waals surface area contributed by atoms with Gasteiger partial charge in [0.25, 0.3) is 0 Å².